The van der Waals surface area contributed by atoms with Crippen LogP contribution in [0.15, 0.2) is 72.8 Å². The molecule has 0 aliphatic rings. The molecular formula is C29H31NO8S. The Hall–Kier alpha value is -4.02. The van der Waals surface area contributed by atoms with E-state index in [1.165, 1.54) is 30.2 Å². The number of hydrogen-bond acceptors (Lipinski definition) is 8. The number of ether oxygens (including phenoxy) is 2. The molecule has 1 unspecified atom stereocenters. The lowest BCUT2D eigenvalue weighted by atomic mass is 9.98. The molecule has 0 aliphatic carbocycles. The van der Waals surface area contributed by atoms with Crippen LogP contribution in [0.2, 0.25) is 0 Å². The minimum atomic E-state index is -3.97. The Bertz CT molecular complexity index is 1420. The third kappa shape index (κ3) is 7.75. The summed E-state index contributed by atoms with van der Waals surface area (Å²) in [6, 6.07) is 19.8. The van der Waals surface area contributed by atoms with Gasteiger partial charge < -0.3 is 14.4 Å². The second-order valence-electron chi connectivity index (χ2n) is 8.62. The van der Waals surface area contributed by atoms with Crippen molar-refractivity contribution in [2.75, 3.05) is 24.9 Å². The fourth-order valence-corrected chi connectivity index (χ4v) is 4.54. The number of ketones is 1. The second-order valence-corrected chi connectivity index (χ2v) is 10.2. The number of methoxy groups -OCH3 is 1. The van der Waals surface area contributed by atoms with Crippen LogP contribution < -0.4 is 9.64 Å². The van der Waals surface area contributed by atoms with Gasteiger partial charge in [-0.15, -0.1) is 0 Å². The van der Waals surface area contributed by atoms with Crippen LogP contribution in [-0.4, -0.2) is 52.2 Å². The van der Waals surface area contributed by atoms with Crippen LogP contribution in [0.25, 0.3) is 0 Å². The third-order valence-electron chi connectivity index (χ3n) is 5.78. The summed E-state index contributed by atoms with van der Waals surface area (Å²) in [5, 5.41) is 0. The van der Waals surface area contributed by atoms with E-state index in [1.807, 2.05) is 6.07 Å². The van der Waals surface area contributed by atoms with E-state index in [4.69, 9.17) is 13.7 Å². The Morgan fingerprint density at radius 3 is 2.10 bits per heavy atom. The minimum absolute atomic E-state index is 0.0154. The molecule has 1 amide bonds. The Kier molecular flexibility index (Phi) is 9.97. The van der Waals surface area contributed by atoms with Crippen molar-refractivity contribution < 1.29 is 36.5 Å². The highest BCUT2D eigenvalue weighted by Gasteiger charge is 2.31. The first-order valence-corrected chi connectivity index (χ1v) is 14.1. The van der Waals surface area contributed by atoms with Crippen molar-refractivity contribution in [1.82, 2.24) is 0 Å². The predicted octanol–water partition coefficient (Wildman–Crippen LogP) is 4.39. The lowest BCUT2D eigenvalue weighted by molar-refractivity contribution is -0.125. The van der Waals surface area contributed by atoms with Crippen LogP contribution in [0.4, 0.5) is 5.69 Å². The Morgan fingerprint density at radius 1 is 0.897 bits per heavy atom. The summed E-state index contributed by atoms with van der Waals surface area (Å²) in [5.41, 5.74) is 1.41. The second kappa shape index (κ2) is 13.2. The highest BCUT2D eigenvalue weighted by molar-refractivity contribution is 7.86. The van der Waals surface area contributed by atoms with Crippen LogP contribution in [0.5, 0.6) is 5.75 Å². The highest BCUT2D eigenvalue weighted by Crippen LogP contribution is 2.29. The van der Waals surface area contributed by atoms with E-state index < -0.39 is 33.9 Å². The van der Waals surface area contributed by atoms with Gasteiger partial charge in [-0.3, -0.25) is 13.8 Å². The van der Waals surface area contributed by atoms with Gasteiger partial charge in [0.2, 0.25) is 0 Å². The molecule has 0 bridgehead atoms. The first-order valence-electron chi connectivity index (χ1n) is 12.3. The number of rotatable bonds is 12. The van der Waals surface area contributed by atoms with Crippen molar-refractivity contribution in [1.29, 1.82) is 0 Å². The maximum Gasteiger partial charge on any atom is 0.338 e. The zero-order valence-electron chi connectivity index (χ0n) is 22.2. The summed E-state index contributed by atoms with van der Waals surface area (Å²) in [6.07, 6.45) is -0.431. The standard InChI is InChI=1S/C29H31NO8S/c1-5-26(38-39(4,34)35)28(32)30(19-20-10-8-7-9-11-20)25-18-22(29(33)37-6-2)14-17-24(25)27(31)21-12-15-23(36-3)16-13-21/h7-18,26H,5-6,19H2,1-4H3. The zero-order chi connectivity index (χ0) is 28.6. The molecule has 1 atom stereocenters. The van der Waals surface area contributed by atoms with E-state index in [0.717, 1.165) is 6.26 Å². The van der Waals surface area contributed by atoms with Gasteiger partial charge in [0.25, 0.3) is 16.0 Å². The van der Waals surface area contributed by atoms with E-state index >= 15 is 0 Å². The summed E-state index contributed by atoms with van der Waals surface area (Å²) in [4.78, 5) is 41.4. The smallest absolute Gasteiger partial charge is 0.338 e. The Balaban J connectivity index is 2.21. The molecule has 0 aliphatic heterocycles. The SMILES string of the molecule is CCOC(=O)c1ccc(C(=O)c2ccc(OC)cc2)c(N(Cc2ccccc2)C(=O)C(CC)OS(C)(=O)=O)c1. The molecule has 3 aromatic carbocycles. The molecule has 10 heteroatoms. The molecule has 206 valence electrons. The number of carbonyl (C=O) groups excluding carboxylic acids is 3. The fourth-order valence-electron chi connectivity index (χ4n) is 3.90. The number of benzene rings is 3. The van der Waals surface area contributed by atoms with Gasteiger partial charge in [0.15, 0.2) is 11.9 Å². The maximum absolute atomic E-state index is 13.9. The van der Waals surface area contributed by atoms with Gasteiger partial charge in [0, 0.05) is 11.1 Å². The number of anilines is 1. The Labute approximate surface area is 228 Å². The monoisotopic (exact) mass is 553 g/mol. The lowest BCUT2D eigenvalue weighted by Gasteiger charge is -2.28. The van der Waals surface area contributed by atoms with Crippen molar-refractivity contribution >= 4 is 33.5 Å². The summed E-state index contributed by atoms with van der Waals surface area (Å²) in [6.45, 7) is 3.40. The van der Waals surface area contributed by atoms with E-state index in [1.54, 1.807) is 62.4 Å². The molecule has 0 radical (unpaired) electrons. The maximum atomic E-state index is 13.9. The largest absolute Gasteiger partial charge is 0.497 e. The van der Waals surface area contributed by atoms with Crippen molar-refractivity contribution in [3.8, 4) is 5.75 Å². The number of esters is 1. The van der Waals surface area contributed by atoms with Gasteiger partial charge in [-0.25, -0.2) is 4.79 Å². The number of nitrogens with zero attached hydrogens (tertiary/aromatic N) is 1. The molecule has 0 aromatic heterocycles. The van der Waals surface area contributed by atoms with Crippen LogP contribution in [0.3, 0.4) is 0 Å². The molecule has 0 saturated heterocycles. The predicted molar refractivity (Wildman–Crippen MR) is 146 cm³/mol. The summed E-state index contributed by atoms with van der Waals surface area (Å²) < 4.78 is 39.3. The number of carbonyl (C=O) groups is 3. The molecule has 3 aromatic rings. The molecule has 0 heterocycles. The van der Waals surface area contributed by atoms with Crippen molar-refractivity contribution in [2.24, 2.45) is 0 Å². The minimum Gasteiger partial charge on any atom is -0.497 e. The van der Waals surface area contributed by atoms with Crippen LogP contribution >= 0.6 is 0 Å². The molecule has 0 fully saturated rings. The molecule has 3 rings (SSSR count). The summed E-state index contributed by atoms with van der Waals surface area (Å²) in [5.74, 6) is -1.16. The Morgan fingerprint density at radius 2 is 1.54 bits per heavy atom. The first-order chi connectivity index (χ1) is 18.6. The lowest BCUT2D eigenvalue weighted by Crippen LogP contribution is -2.41. The molecular weight excluding hydrogens is 522 g/mol. The molecule has 0 N–H and O–H groups in total. The van der Waals surface area contributed by atoms with Crippen molar-refractivity contribution in [3.63, 3.8) is 0 Å². The fraction of sp³-hybridized carbons (Fsp3) is 0.276. The van der Waals surface area contributed by atoms with Gasteiger partial charge in [-0.1, -0.05) is 37.3 Å². The average molecular weight is 554 g/mol. The van der Waals surface area contributed by atoms with E-state index in [-0.39, 0.29) is 36.4 Å². The zero-order valence-corrected chi connectivity index (χ0v) is 23.1. The van der Waals surface area contributed by atoms with Gasteiger partial charge in [0.05, 0.1) is 37.8 Å². The van der Waals surface area contributed by atoms with Gasteiger partial charge in [0.1, 0.15) is 5.75 Å². The quantitative estimate of drug-likeness (QED) is 0.184. The third-order valence-corrected chi connectivity index (χ3v) is 6.37. The van der Waals surface area contributed by atoms with Crippen molar-refractivity contribution in [3.05, 3.63) is 95.1 Å². The summed E-state index contributed by atoms with van der Waals surface area (Å²) >= 11 is 0. The molecule has 0 saturated carbocycles. The topological polar surface area (TPSA) is 116 Å². The average Bonchev–Trinajstić information content (AvgIpc) is 2.94. The number of amides is 1. The molecule has 39 heavy (non-hydrogen) atoms. The van der Waals surface area contributed by atoms with E-state index in [2.05, 4.69) is 0 Å². The number of hydrogen-bond donors (Lipinski definition) is 0. The first kappa shape index (κ1) is 29.5. The molecule has 0 spiro atoms. The summed E-state index contributed by atoms with van der Waals surface area (Å²) in [7, 11) is -2.46. The van der Waals surface area contributed by atoms with Crippen molar-refractivity contribution in [2.45, 2.75) is 32.9 Å². The van der Waals surface area contributed by atoms with E-state index in [0.29, 0.717) is 16.9 Å². The highest BCUT2D eigenvalue weighted by atomic mass is 32.2. The molecule has 9 nitrogen and oxygen atoms in total. The van der Waals surface area contributed by atoms with Crippen LogP contribution in [0.1, 0.15) is 52.1 Å². The van der Waals surface area contributed by atoms with Gasteiger partial charge >= 0.3 is 5.97 Å². The van der Waals surface area contributed by atoms with Gasteiger partial charge in [-0.2, -0.15) is 8.42 Å². The normalized spacial score (nSPS) is 11.9. The van der Waals surface area contributed by atoms with E-state index in [9.17, 15) is 22.8 Å². The van der Waals surface area contributed by atoms with Crippen LogP contribution in [0, 0.1) is 0 Å². The van der Waals surface area contributed by atoms with Gasteiger partial charge in [-0.05, 0) is 61.4 Å². The van der Waals surface area contributed by atoms with Crippen LogP contribution in [-0.2, 0) is 30.4 Å².